The number of rotatable bonds is 7. The minimum absolute atomic E-state index is 0.239. The average molecular weight is 400 g/mol. The number of unbranched alkanes of at least 4 members (excludes halogenated alkanes) is 2. The van der Waals surface area contributed by atoms with Gasteiger partial charge in [-0.15, -0.1) is 15.0 Å². The molecule has 0 aliphatic rings. The number of fused-ring (bicyclic) bond motifs is 1. The van der Waals surface area contributed by atoms with E-state index in [9.17, 15) is 5.11 Å². The van der Waals surface area contributed by atoms with Crippen molar-refractivity contribution in [1.29, 1.82) is 0 Å². The van der Waals surface area contributed by atoms with Crippen LogP contribution in [0.1, 0.15) is 56.7 Å². The van der Waals surface area contributed by atoms with Crippen LogP contribution in [0.2, 0.25) is 0 Å². The summed E-state index contributed by atoms with van der Waals surface area (Å²) >= 11 is 0. The molecule has 0 aliphatic carbocycles. The number of phenols is 1. The molecule has 4 aromatic rings. The Balaban J connectivity index is 1.87. The molecule has 0 fully saturated rings. The van der Waals surface area contributed by atoms with E-state index in [0.29, 0.717) is 5.69 Å². The Morgan fingerprint density at radius 3 is 2.13 bits per heavy atom. The fraction of sp³-hybridized carbons (Fsp3) is 0.308. The quantitative estimate of drug-likeness (QED) is 0.377. The van der Waals surface area contributed by atoms with Gasteiger partial charge in [-0.25, -0.2) is 0 Å². The summed E-state index contributed by atoms with van der Waals surface area (Å²) in [4.78, 5) is 1.58. The zero-order valence-electron chi connectivity index (χ0n) is 18.0. The van der Waals surface area contributed by atoms with Gasteiger partial charge in [0, 0.05) is 11.0 Å². The van der Waals surface area contributed by atoms with E-state index in [2.05, 4.69) is 49.2 Å². The van der Waals surface area contributed by atoms with Gasteiger partial charge in [-0.3, -0.25) is 0 Å². The maximum absolute atomic E-state index is 11.4. The molecule has 1 N–H and O–H groups in total. The maximum atomic E-state index is 11.4. The predicted molar refractivity (Wildman–Crippen MR) is 122 cm³/mol. The van der Waals surface area contributed by atoms with E-state index in [4.69, 9.17) is 0 Å². The molecule has 0 unspecified atom stereocenters. The normalized spacial score (nSPS) is 11.8. The van der Waals surface area contributed by atoms with Crippen LogP contribution in [0.25, 0.3) is 16.7 Å². The van der Waals surface area contributed by atoms with Crippen molar-refractivity contribution in [3.63, 3.8) is 0 Å². The Morgan fingerprint density at radius 2 is 1.50 bits per heavy atom. The fourth-order valence-electron chi connectivity index (χ4n) is 4.01. The zero-order chi connectivity index (χ0) is 21.1. The van der Waals surface area contributed by atoms with Crippen molar-refractivity contribution >= 4 is 11.0 Å². The van der Waals surface area contributed by atoms with Crippen molar-refractivity contribution in [2.45, 2.75) is 51.9 Å². The summed E-state index contributed by atoms with van der Waals surface area (Å²) in [5, 5.41) is 20.6. The molecule has 4 nitrogen and oxygen atoms in total. The zero-order valence-corrected chi connectivity index (χ0v) is 18.0. The molecule has 3 aromatic carbocycles. The fourth-order valence-corrected chi connectivity index (χ4v) is 4.01. The van der Waals surface area contributed by atoms with E-state index < -0.39 is 0 Å². The van der Waals surface area contributed by atoms with E-state index >= 15 is 0 Å². The van der Waals surface area contributed by atoms with Crippen molar-refractivity contribution < 1.29 is 5.11 Å². The number of hydrogen-bond donors (Lipinski definition) is 1. The van der Waals surface area contributed by atoms with E-state index in [1.54, 1.807) is 4.80 Å². The minimum Gasteiger partial charge on any atom is -0.505 e. The van der Waals surface area contributed by atoms with Gasteiger partial charge in [0.05, 0.1) is 0 Å². The van der Waals surface area contributed by atoms with Gasteiger partial charge >= 0.3 is 0 Å². The number of aryl methyl sites for hydroxylation is 1. The standard InChI is InChI=1S/C26H29N3O/c1-4-5-7-12-19-17-21(26(2,3)20-13-8-6-9-14-20)25(30)24(18-19)29-27-22-15-10-11-16-23(22)28-29/h6,8-11,13-18,30H,4-5,7,12H2,1-3H3. The third-order valence-corrected chi connectivity index (χ3v) is 5.89. The summed E-state index contributed by atoms with van der Waals surface area (Å²) in [5.41, 5.74) is 5.19. The van der Waals surface area contributed by atoms with Crippen LogP contribution < -0.4 is 0 Å². The van der Waals surface area contributed by atoms with Crippen LogP contribution in [-0.4, -0.2) is 20.1 Å². The first-order valence-electron chi connectivity index (χ1n) is 10.7. The highest BCUT2D eigenvalue weighted by Gasteiger charge is 2.29. The lowest BCUT2D eigenvalue weighted by Crippen LogP contribution is -2.20. The molecule has 0 radical (unpaired) electrons. The molecule has 0 spiro atoms. The highest BCUT2D eigenvalue weighted by molar-refractivity contribution is 5.74. The van der Waals surface area contributed by atoms with Gasteiger partial charge in [-0.2, -0.15) is 0 Å². The molecule has 1 aromatic heterocycles. The summed E-state index contributed by atoms with van der Waals surface area (Å²) in [7, 11) is 0. The number of phenolic OH excluding ortho intramolecular Hbond substituents is 1. The van der Waals surface area contributed by atoms with Crippen LogP contribution in [0.15, 0.2) is 66.7 Å². The van der Waals surface area contributed by atoms with Crippen LogP contribution in [0.3, 0.4) is 0 Å². The summed E-state index contributed by atoms with van der Waals surface area (Å²) in [6.45, 7) is 6.53. The molecular formula is C26H29N3O. The highest BCUT2D eigenvalue weighted by Crippen LogP contribution is 2.40. The predicted octanol–water partition coefficient (Wildman–Crippen LogP) is 6.18. The molecule has 0 bridgehead atoms. The van der Waals surface area contributed by atoms with Crippen molar-refractivity contribution in [3.8, 4) is 11.4 Å². The second kappa shape index (κ2) is 8.31. The first-order chi connectivity index (χ1) is 14.5. The number of aromatic hydroxyl groups is 1. The second-order valence-electron chi connectivity index (χ2n) is 8.44. The Morgan fingerprint density at radius 1 is 0.867 bits per heavy atom. The lowest BCUT2D eigenvalue weighted by molar-refractivity contribution is 0.446. The smallest absolute Gasteiger partial charge is 0.147 e. The van der Waals surface area contributed by atoms with E-state index in [1.807, 2.05) is 48.5 Å². The van der Waals surface area contributed by atoms with Crippen LogP contribution in [0.5, 0.6) is 5.75 Å². The van der Waals surface area contributed by atoms with Crippen LogP contribution in [0.4, 0.5) is 0 Å². The average Bonchev–Trinajstić information content (AvgIpc) is 3.19. The van der Waals surface area contributed by atoms with Crippen molar-refractivity contribution in [1.82, 2.24) is 15.0 Å². The molecule has 4 heteroatoms. The molecule has 0 atom stereocenters. The molecule has 0 saturated carbocycles. The van der Waals surface area contributed by atoms with Crippen LogP contribution in [-0.2, 0) is 11.8 Å². The number of aromatic nitrogens is 3. The molecule has 4 rings (SSSR count). The summed E-state index contributed by atoms with van der Waals surface area (Å²) in [5.74, 6) is 0.239. The van der Waals surface area contributed by atoms with Crippen molar-refractivity contribution in [2.24, 2.45) is 0 Å². The van der Waals surface area contributed by atoms with Gasteiger partial charge in [-0.05, 0) is 42.2 Å². The summed E-state index contributed by atoms with van der Waals surface area (Å²) < 4.78 is 0. The Bertz CT molecular complexity index is 1110. The molecule has 0 saturated heterocycles. The molecule has 30 heavy (non-hydrogen) atoms. The highest BCUT2D eigenvalue weighted by atomic mass is 16.3. The molecule has 0 amide bonds. The van der Waals surface area contributed by atoms with Crippen LogP contribution in [0, 0.1) is 0 Å². The lowest BCUT2D eigenvalue weighted by Gasteiger charge is -2.28. The first kappa shape index (κ1) is 20.1. The third kappa shape index (κ3) is 3.82. The molecule has 1 heterocycles. The minimum atomic E-state index is -0.354. The summed E-state index contributed by atoms with van der Waals surface area (Å²) in [6.07, 6.45) is 4.47. The lowest BCUT2D eigenvalue weighted by atomic mass is 9.76. The molecule has 0 aliphatic heterocycles. The first-order valence-corrected chi connectivity index (χ1v) is 10.7. The van der Waals surface area contributed by atoms with Gasteiger partial charge < -0.3 is 5.11 Å². The third-order valence-electron chi connectivity index (χ3n) is 5.89. The number of benzene rings is 3. The SMILES string of the molecule is CCCCCc1cc(-n2nc3ccccc3n2)c(O)c(C(C)(C)c2ccccc2)c1. The largest absolute Gasteiger partial charge is 0.505 e. The van der Waals surface area contributed by atoms with Crippen LogP contribution >= 0.6 is 0 Å². The summed E-state index contributed by atoms with van der Waals surface area (Å²) in [6, 6.07) is 22.3. The van der Waals surface area contributed by atoms with Gasteiger partial charge in [-0.1, -0.05) is 82.1 Å². The van der Waals surface area contributed by atoms with E-state index in [1.165, 1.54) is 18.4 Å². The Labute approximate surface area is 178 Å². The van der Waals surface area contributed by atoms with Gasteiger partial charge in [0.25, 0.3) is 0 Å². The van der Waals surface area contributed by atoms with Gasteiger partial charge in [0.1, 0.15) is 22.5 Å². The Hall–Kier alpha value is -3.14. The number of nitrogens with zero attached hydrogens (tertiary/aromatic N) is 3. The second-order valence-corrected chi connectivity index (χ2v) is 8.44. The van der Waals surface area contributed by atoms with Crippen molar-refractivity contribution in [3.05, 3.63) is 83.4 Å². The van der Waals surface area contributed by atoms with E-state index in [-0.39, 0.29) is 11.2 Å². The monoisotopic (exact) mass is 399 g/mol. The Kier molecular flexibility index (Phi) is 5.58. The van der Waals surface area contributed by atoms with Crippen molar-refractivity contribution in [2.75, 3.05) is 0 Å². The molecular weight excluding hydrogens is 370 g/mol. The topological polar surface area (TPSA) is 50.9 Å². The maximum Gasteiger partial charge on any atom is 0.147 e. The molecule has 154 valence electrons. The number of hydrogen-bond acceptors (Lipinski definition) is 3. The van der Waals surface area contributed by atoms with Gasteiger partial charge in [0.2, 0.25) is 0 Å². The van der Waals surface area contributed by atoms with E-state index in [0.717, 1.165) is 35.0 Å². The van der Waals surface area contributed by atoms with Gasteiger partial charge in [0.15, 0.2) is 0 Å².